The van der Waals surface area contributed by atoms with Gasteiger partial charge in [0.05, 0.1) is 33.8 Å². The van der Waals surface area contributed by atoms with Gasteiger partial charge in [-0.1, -0.05) is 353 Å². The highest BCUT2D eigenvalue weighted by atomic mass is 31.2. The Balaban J connectivity index is 4.99. The number of carbonyl (C=O) groups is 2. The summed E-state index contributed by atoms with van der Waals surface area (Å²) in [6.07, 6.45) is 84.5. The molecule has 3 unspecified atom stereocenters. The van der Waals surface area contributed by atoms with Crippen molar-refractivity contribution in [3.8, 4) is 0 Å². The van der Waals surface area contributed by atoms with Gasteiger partial charge in [-0.15, -0.1) is 0 Å². The van der Waals surface area contributed by atoms with Crippen molar-refractivity contribution in [2.45, 2.75) is 405 Å². The zero-order chi connectivity index (χ0) is 63.5. The van der Waals surface area contributed by atoms with Crippen LogP contribution < -0.4 is 5.32 Å². The first-order valence-electron chi connectivity index (χ1n) is 38.3. The van der Waals surface area contributed by atoms with Crippen molar-refractivity contribution in [3.63, 3.8) is 0 Å². The van der Waals surface area contributed by atoms with Gasteiger partial charge >= 0.3 is 13.8 Å². The molecule has 0 radical (unpaired) electrons. The normalized spacial score (nSPS) is 13.6. The lowest BCUT2D eigenvalue weighted by Crippen LogP contribution is -2.47. The number of phosphoric acid groups is 1. The van der Waals surface area contributed by atoms with Gasteiger partial charge in [0, 0.05) is 12.8 Å². The molecule has 3 atom stereocenters. The summed E-state index contributed by atoms with van der Waals surface area (Å²) < 4.78 is 30.9. The first-order chi connectivity index (χ1) is 42.4. The highest BCUT2D eigenvalue weighted by molar-refractivity contribution is 7.47. The largest absolute Gasteiger partial charge is 0.472 e. The van der Waals surface area contributed by atoms with Gasteiger partial charge in [-0.25, -0.2) is 4.57 Å². The molecule has 0 spiro atoms. The first kappa shape index (κ1) is 85.2. The van der Waals surface area contributed by atoms with Gasteiger partial charge in [0.2, 0.25) is 5.91 Å². The quantitative estimate of drug-likeness (QED) is 0.0205. The van der Waals surface area contributed by atoms with Gasteiger partial charge in [0.1, 0.15) is 19.3 Å². The van der Waals surface area contributed by atoms with Crippen molar-refractivity contribution < 1.29 is 37.3 Å². The molecule has 1 amide bonds. The van der Waals surface area contributed by atoms with Crippen molar-refractivity contribution in [2.24, 2.45) is 0 Å². The van der Waals surface area contributed by atoms with E-state index in [1.54, 1.807) is 0 Å². The Labute approximate surface area is 542 Å². The zero-order valence-corrected chi connectivity index (χ0v) is 59.9. The van der Waals surface area contributed by atoms with Crippen LogP contribution in [-0.4, -0.2) is 74.3 Å². The number of rotatable bonds is 71. The van der Waals surface area contributed by atoms with Gasteiger partial charge < -0.3 is 19.4 Å². The molecule has 0 aliphatic rings. The number of hydrogen-bond acceptors (Lipinski definition) is 6. The number of carbonyl (C=O) groups excluding carboxylic acids is 2. The molecule has 0 aliphatic carbocycles. The Morgan fingerprint density at radius 1 is 0.402 bits per heavy atom. The van der Waals surface area contributed by atoms with Crippen LogP contribution in [0.15, 0.2) is 36.5 Å². The molecule has 0 rings (SSSR count). The highest BCUT2D eigenvalue weighted by Gasteiger charge is 2.30. The van der Waals surface area contributed by atoms with Crippen LogP contribution in [0.5, 0.6) is 0 Å². The molecule has 0 aromatic rings. The van der Waals surface area contributed by atoms with E-state index in [2.05, 4.69) is 56.5 Å². The number of nitrogens with zero attached hydrogens (tertiary/aromatic N) is 1. The fourth-order valence-corrected chi connectivity index (χ4v) is 12.4. The molecule has 10 heteroatoms. The lowest BCUT2D eigenvalue weighted by atomic mass is 10.0. The average molecular weight is 1250 g/mol. The molecule has 0 aliphatic heterocycles. The summed E-state index contributed by atoms with van der Waals surface area (Å²) in [5.41, 5.74) is 0. The van der Waals surface area contributed by atoms with E-state index in [1.807, 2.05) is 27.2 Å². The van der Waals surface area contributed by atoms with Crippen molar-refractivity contribution in [3.05, 3.63) is 36.5 Å². The summed E-state index contributed by atoms with van der Waals surface area (Å²) in [5, 5.41) is 3.09. The topological polar surface area (TPSA) is 111 Å². The summed E-state index contributed by atoms with van der Waals surface area (Å²) in [4.78, 5) is 38.0. The molecule has 87 heavy (non-hydrogen) atoms. The Hall–Kier alpha value is -1.77. The van der Waals surface area contributed by atoms with Gasteiger partial charge in [0.15, 0.2) is 0 Å². The first-order valence-corrected chi connectivity index (χ1v) is 39.8. The third-order valence-corrected chi connectivity index (χ3v) is 18.6. The van der Waals surface area contributed by atoms with Gasteiger partial charge in [-0.05, 0) is 63.9 Å². The fourth-order valence-electron chi connectivity index (χ4n) is 11.7. The summed E-state index contributed by atoms with van der Waals surface area (Å²) in [7, 11) is 1.52. The van der Waals surface area contributed by atoms with Crippen LogP contribution in [0.4, 0.5) is 0 Å². The Morgan fingerprint density at radius 3 is 1.06 bits per heavy atom. The van der Waals surface area contributed by atoms with Crippen molar-refractivity contribution in [2.75, 3.05) is 40.9 Å². The maximum Gasteiger partial charge on any atom is 0.472 e. The third-order valence-electron chi connectivity index (χ3n) is 17.6. The van der Waals surface area contributed by atoms with Crippen LogP contribution in [0.2, 0.25) is 0 Å². The molecule has 0 aromatic heterocycles. The number of ether oxygens (including phenoxy) is 1. The molecule has 9 nitrogen and oxygen atoms in total. The van der Waals surface area contributed by atoms with E-state index in [1.165, 1.54) is 295 Å². The second-order valence-corrected chi connectivity index (χ2v) is 29.0. The molecule has 0 fully saturated rings. The minimum absolute atomic E-state index is 0.0438. The molecular formula is C77H150N2O7P+. The monoisotopic (exact) mass is 1250 g/mol. The molecular weight excluding hydrogens is 1100 g/mol. The molecule has 0 saturated carbocycles. The minimum Gasteiger partial charge on any atom is -0.456 e. The van der Waals surface area contributed by atoms with Crippen LogP contribution in [-0.2, 0) is 27.9 Å². The number of quaternary nitrogens is 1. The predicted octanol–water partition coefficient (Wildman–Crippen LogP) is 24.6. The zero-order valence-electron chi connectivity index (χ0n) is 59.0. The van der Waals surface area contributed by atoms with E-state index in [4.69, 9.17) is 13.8 Å². The number of nitrogens with one attached hydrogen (secondary N) is 1. The molecule has 0 bridgehead atoms. The lowest BCUT2D eigenvalue weighted by molar-refractivity contribution is -0.870. The van der Waals surface area contributed by atoms with E-state index in [0.717, 1.165) is 64.2 Å². The number of allylic oxidation sites excluding steroid dienone is 5. The summed E-state index contributed by atoms with van der Waals surface area (Å²) in [6.45, 7) is 7.07. The summed E-state index contributed by atoms with van der Waals surface area (Å²) >= 11 is 0. The predicted molar refractivity (Wildman–Crippen MR) is 379 cm³/mol. The van der Waals surface area contributed by atoms with Crippen molar-refractivity contribution >= 4 is 19.7 Å². The van der Waals surface area contributed by atoms with Gasteiger partial charge in [-0.2, -0.15) is 0 Å². The van der Waals surface area contributed by atoms with E-state index in [0.29, 0.717) is 23.9 Å². The summed E-state index contributed by atoms with van der Waals surface area (Å²) in [6, 6.07) is -0.845. The standard InChI is InChI=1S/C77H149N2O7P/c1-7-10-13-16-19-22-25-28-30-32-34-36-38-39-41-42-44-46-48-51-54-57-60-63-66-69-76(80)78-74(73-85-87(82,83)84-72-71-79(4,5)6)75(68-65-62-59-56-53-50-27-24-21-18-15-12-9-3)86-77(81)70-67-64-61-58-55-52-49-47-45-43-40-37-35-33-31-29-26-23-20-17-14-11-8-2/h19,22,28,30,65,68,74-75H,7-18,20-21,23-27,29,31-64,66-67,69-73H2,1-6H3,(H-,78,80,82,83)/p+1/b22-19-,30-28-,68-65+. The van der Waals surface area contributed by atoms with Crippen molar-refractivity contribution in [1.29, 1.82) is 0 Å². The average Bonchev–Trinajstić information content (AvgIpc) is 3.70. The highest BCUT2D eigenvalue weighted by Crippen LogP contribution is 2.43. The number of amides is 1. The van der Waals surface area contributed by atoms with E-state index in [9.17, 15) is 19.0 Å². The second kappa shape index (κ2) is 67.1. The van der Waals surface area contributed by atoms with E-state index in [-0.39, 0.29) is 25.1 Å². The lowest BCUT2D eigenvalue weighted by Gasteiger charge is -2.27. The van der Waals surface area contributed by atoms with Gasteiger partial charge in [-0.3, -0.25) is 18.6 Å². The Morgan fingerprint density at radius 2 is 0.701 bits per heavy atom. The maximum atomic E-state index is 13.7. The van der Waals surface area contributed by atoms with Crippen LogP contribution in [0.3, 0.4) is 0 Å². The Kier molecular flexibility index (Phi) is 65.8. The SMILES string of the molecule is CCCCC/C=C\C/C=C\CCCCCCCCCCCCCCCCCC(=O)NC(COP(=O)(O)OCC[N+](C)(C)C)C(/C=C/CCCCCCCCCCCCC)OC(=O)CCCCCCCCCCCCCCCCCCCCCCCCC. The molecule has 514 valence electrons. The number of likely N-dealkylation sites (N-methyl/N-ethyl adjacent to an activating group) is 1. The smallest absolute Gasteiger partial charge is 0.456 e. The van der Waals surface area contributed by atoms with Crippen molar-refractivity contribution in [1.82, 2.24) is 5.32 Å². The minimum atomic E-state index is -4.45. The van der Waals surface area contributed by atoms with E-state index < -0.39 is 20.0 Å². The van der Waals surface area contributed by atoms with Crippen LogP contribution in [0.1, 0.15) is 393 Å². The number of esters is 1. The number of phosphoric ester groups is 1. The van der Waals surface area contributed by atoms with Crippen LogP contribution in [0.25, 0.3) is 0 Å². The summed E-state index contributed by atoms with van der Waals surface area (Å²) in [5.74, 6) is -0.480. The molecule has 2 N–H and O–H groups in total. The molecule has 0 aromatic carbocycles. The van der Waals surface area contributed by atoms with E-state index >= 15 is 0 Å². The van der Waals surface area contributed by atoms with Crippen LogP contribution >= 0.6 is 7.82 Å². The molecule has 0 saturated heterocycles. The second-order valence-electron chi connectivity index (χ2n) is 27.5. The fraction of sp³-hybridized carbons (Fsp3) is 0.896. The molecule has 0 heterocycles. The third kappa shape index (κ3) is 68.4. The maximum absolute atomic E-state index is 13.7. The number of unbranched alkanes of at least 4 members (excludes halogenated alkanes) is 51. The van der Waals surface area contributed by atoms with Gasteiger partial charge in [0.25, 0.3) is 0 Å². The Bertz CT molecular complexity index is 1580. The number of hydrogen-bond donors (Lipinski definition) is 2. The van der Waals surface area contributed by atoms with Crippen LogP contribution in [0, 0.1) is 0 Å².